The molecule has 0 aromatic carbocycles. The number of esters is 1. The van der Waals surface area contributed by atoms with Crippen LogP contribution in [-0.4, -0.2) is 26.2 Å². The van der Waals surface area contributed by atoms with Crippen LogP contribution in [0.5, 0.6) is 0 Å². The topological polar surface area (TPSA) is 30.7 Å². The Bertz CT molecular complexity index is 1210. The first-order chi connectivity index (χ1) is 19.2. The van der Waals surface area contributed by atoms with Gasteiger partial charge >= 0.3 is 5.97 Å². The van der Waals surface area contributed by atoms with Crippen LogP contribution in [0.1, 0.15) is 96.3 Å². The lowest BCUT2D eigenvalue weighted by molar-refractivity contribution is -0.807. The van der Waals surface area contributed by atoms with Crippen molar-refractivity contribution in [1.82, 2.24) is 0 Å². The Balaban J connectivity index is 1.98. The number of rotatable bonds is 15. The summed E-state index contributed by atoms with van der Waals surface area (Å²) < 4.78 is 5.34. The molecule has 1 aliphatic rings. The molecule has 3 heteroatoms. The van der Waals surface area contributed by atoms with Gasteiger partial charge in [0, 0.05) is 48.4 Å². The van der Waals surface area contributed by atoms with E-state index < -0.39 is 0 Å². The van der Waals surface area contributed by atoms with Crippen molar-refractivity contribution in [2.24, 2.45) is 5.92 Å². The molecule has 39 heavy (non-hydrogen) atoms. The summed E-state index contributed by atoms with van der Waals surface area (Å²) in [4.78, 5) is 12.9. The fraction of sp³-hybridized carbons (Fsp3) is 0.528. The van der Waals surface area contributed by atoms with Crippen molar-refractivity contribution < 1.29 is 14.4 Å². The van der Waals surface area contributed by atoms with Gasteiger partial charge in [-0.25, -0.2) is 0 Å². The van der Waals surface area contributed by atoms with Gasteiger partial charge < -0.3 is 4.74 Å². The normalized spacial score (nSPS) is 11.6. The van der Waals surface area contributed by atoms with Gasteiger partial charge in [-0.2, -0.15) is 0 Å². The minimum Gasteiger partial charge on any atom is -0.465 e. The first-order valence-electron chi connectivity index (χ1n) is 14.2. The van der Waals surface area contributed by atoms with Crippen LogP contribution in [0.15, 0.2) is 0 Å². The first-order valence-corrected chi connectivity index (χ1v) is 14.2. The minimum absolute atomic E-state index is 0.0912. The molecule has 0 aromatic heterocycles. The van der Waals surface area contributed by atoms with Gasteiger partial charge in [0.25, 0.3) is 0 Å². The number of hydrogen-bond donors (Lipinski definition) is 1. The summed E-state index contributed by atoms with van der Waals surface area (Å²) in [5.41, 5.74) is 0. The van der Waals surface area contributed by atoms with Gasteiger partial charge in [-0.05, 0) is 53.8 Å². The maximum absolute atomic E-state index is 11.9. The van der Waals surface area contributed by atoms with Crippen LogP contribution in [-0.2, 0) is 9.53 Å². The summed E-state index contributed by atoms with van der Waals surface area (Å²) >= 11 is 0. The summed E-state index contributed by atoms with van der Waals surface area (Å²) in [6.07, 6.45) is 23.6. The Morgan fingerprint density at radius 3 is 1.74 bits per heavy atom. The van der Waals surface area contributed by atoms with E-state index in [2.05, 4.69) is 88.9 Å². The standard InChI is InChI=1S/C36H39NO2/c1-3-4-5-6-7-8-9-10-11-12-15-18-21-26-32-37(2)33-27-34-39-36(38)31-23-20-17-14-13-16-19-22-28-35-29-24-25-30-35/h1,35H,13-14,16-17,19-20,22-25,27-31,33-34H2,2H3/p+1. The number of carbonyl (C=O) groups is 1. The van der Waals surface area contributed by atoms with E-state index in [-0.39, 0.29) is 5.97 Å². The van der Waals surface area contributed by atoms with Gasteiger partial charge in [0.2, 0.25) is 0 Å². The summed E-state index contributed by atoms with van der Waals surface area (Å²) in [6, 6.07) is 2.98. The third-order valence-corrected chi connectivity index (χ3v) is 6.28. The highest BCUT2D eigenvalue weighted by atomic mass is 16.5. The third kappa shape index (κ3) is 22.8. The minimum atomic E-state index is -0.0912. The zero-order valence-corrected chi connectivity index (χ0v) is 23.5. The van der Waals surface area contributed by atoms with Crippen LogP contribution in [0.3, 0.4) is 0 Å². The number of nitrogens with one attached hydrogen (secondary N) is 1. The van der Waals surface area contributed by atoms with Gasteiger partial charge in [0.15, 0.2) is 0 Å². The Kier molecular flexibility index (Phi) is 21.6. The van der Waals surface area contributed by atoms with Crippen molar-refractivity contribution in [3.05, 3.63) is 0 Å². The summed E-state index contributed by atoms with van der Waals surface area (Å²) in [6.45, 7) is 1.21. The number of carbonyl (C=O) groups excluding carboxylic acids is 1. The lowest BCUT2D eigenvalue weighted by Gasteiger charge is -2.08. The molecule has 1 atom stereocenters. The summed E-state index contributed by atoms with van der Waals surface area (Å²) in [7, 11) is 1.95. The molecule has 1 saturated carbocycles. The molecule has 0 aliphatic heterocycles. The van der Waals surface area contributed by atoms with Crippen molar-refractivity contribution in [2.45, 2.75) is 96.3 Å². The molecule has 0 radical (unpaired) electrons. The second kappa shape index (κ2) is 25.6. The maximum Gasteiger partial charge on any atom is 0.305 e. The molecule has 200 valence electrons. The molecule has 1 aliphatic carbocycles. The van der Waals surface area contributed by atoms with E-state index in [1.54, 1.807) is 0 Å². The van der Waals surface area contributed by atoms with E-state index in [9.17, 15) is 4.79 Å². The quantitative estimate of drug-likeness (QED) is 0.201. The molecule has 0 bridgehead atoms. The van der Waals surface area contributed by atoms with Crippen molar-refractivity contribution >= 4 is 5.97 Å². The average Bonchev–Trinajstić information content (AvgIpc) is 3.46. The first kappa shape index (κ1) is 32.9. The highest BCUT2D eigenvalue weighted by molar-refractivity contribution is 5.69. The van der Waals surface area contributed by atoms with E-state index in [1.165, 1.54) is 70.6 Å². The van der Waals surface area contributed by atoms with E-state index in [0.29, 0.717) is 13.0 Å². The average molecular weight is 519 g/mol. The van der Waals surface area contributed by atoms with Crippen LogP contribution in [0.4, 0.5) is 0 Å². The van der Waals surface area contributed by atoms with Crippen LogP contribution >= 0.6 is 0 Å². The van der Waals surface area contributed by atoms with Crippen molar-refractivity contribution in [3.63, 3.8) is 0 Å². The number of terminal acetylenes is 1. The Hall–Kier alpha value is -4.09. The Labute approximate surface area is 238 Å². The molecule has 0 heterocycles. The number of hydrogen-bond acceptors (Lipinski definition) is 2. The Morgan fingerprint density at radius 2 is 1.18 bits per heavy atom. The summed E-state index contributed by atoms with van der Waals surface area (Å²) in [5.74, 6) is 36.2. The van der Waals surface area contributed by atoms with E-state index in [4.69, 9.17) is 11.2 Å². The van der Waals surface area contributed by atoms with Crippen molar-refractivity contribution in [2.75, 3.05) is 20.2 Å². The monoisotopic (exact) mass is 518 g/mol. The smallest absolute Gasteiger partial charge is 0.305 e. The highest BCUT2D eigenvalue weighted by Gasteiger charge is 2.13. The lowest BCUT2D eigenvalue weighted by Crippen LogP contribution is -3.05. The largest absolute Gasteiger partial charge is 0.465 e. The second-order valence-electron chi connectivity index (χ2n) is 9.52. The number of ether oxygens (including phenoxy) is 1. The van der Waals surface area contributed by atoms with Crippen LogP contribution < -0.4 is 4.90 Å². The molecular weight excluding hydrogens is 478 g/mol. The molecular formula is C36H40NO2+. The van der Waals surface area contributed by atoms with E-state index in [0.717, 1.165) is 36.6 Å². The van der Waals surface area contributed by atoms with Gasteiger partial charge in [0.05, 0.1) is 26.1 Å². The van der Waals surface area contributed by atoms with Gasteiger partial charge in [0.1, 0.15) is 6.04 Å². The predicted molar refractivity (Wildman–Crippen MR) is 159 cm³/mol. The fourth-order valence-corrected chi connectivity index (χ4v) is 4.24. The molecule has 1 N–H and O–H groups in total. The third-order valence-electron chi connectivity index (χ3n) is 6.28. The van der Waals surface area contributed by atoms with E-state index >= 15 is 0 Å². The van der Waals surface area contributed by atoms with Gasteiger partial charge in [-0.3, -0.25) is 9.69 Å². The SMILES string of the molecule is C#CC#CC#CC#CC#CC#CC#CC#C[NH+](C)CCCOC(=O)CCCCCCCCCCC1CCCC1. The molecule has 0 aromatic rings. The zero-order valence-electron chi connectivity index (χ0n) is 23.5. The van der Waals surface area contributed by atoms with E-state index in [1.807, 2.05) is 7.05 Å². The molecule has 0 spiro atoms. The highest BCUT2D eigenvalue weighted by Crippen LogP contribution is 2.29. The second-order valence-corrected chi connectivity index (χ2v) is 9.52. The zero-order chi connectivity index (χ0) is 28.1. The van der Waals surface area contributed by atoms with Crippen LogP contribution in [0.25, 0.3) is 0 Å². The molecule has 1 fully saturated rings. The maximum atomic E-state index is 11.9. The lowest BCUT2D eigenvalue weighted by atomic mass is 9.99. The fourth-order valence-electron chi connectivity index (χ4n) is 4.24. The summed E-state index contributed by atoms with van der Waals surface area (Å²) in [5, 5.41) is 0. The molecule has 1 unspecified atom stereocenters. The predicted octanol–water partition coefficient (Wildman–Crippen LogP) is 4.14. The molecule has 0 amide bonds. The Morgan fingerprint density at radius 1 is 0.692 bits per heavy atom. The van der Waals surface area contributed by atoms with Crippen molar-refractivity contribution in [1.29, 1.82) is 0 Å². The van der Waals surface area contributed by atoms with Crippen LogP contribution in [0, 0.1) is 101 Å². The van der Waals surface area contributed by atoms with Gasteiger partial charge in [-0.15, -0.1) is 6.42 Å². The van der Waals surface area contributed by atoms with Crippen molar-refractivity contribution in [3.8, 4) is 95.4 Å². The number of quaternary nitrogens is 1. The number of unbranched alkanes of at least 4 members (excludes halogenated alkanes) is 7. The van der Waals surface area contributed by atoms with Gasteiger partial charge in [-0.1, -0.05) is 77.0 Å². The van der Waals surface area contributed by atoms with Crippen LogP contribution in [0.2, 0.25) is 0 Å². The molecule has 0 saturated heterocycles. The molecule has 3 nitrogen and oxygen atoms in total. The molecule has 1 rings (SSSR count).